The van der Waals surface area contributed by atoms with Crippen LogP contribution in [0.25, 0.3) is 6.08 Å². The minimum Gasteiger partial charge on any atom is -0.480 e. The van der Waals surface area contributed by atoms with Crippen molar-refractivity contribution in [3.05, 3.63) is 58.7 Å². The summed E-state index contributed by atoms with van der Waals surface area (Å²) in [4.78, 5) is 23.7. The molecule has 2 rings (SSSR count). The van der Waals surface area contributed by atoms with Gasteiger partial charge in [-0.15, -0.1) is 0 Å². The van der Waals surface area contributed by atoms with Crippen molar-refractivity contribution in [2.24, 2.45) is 0 Å². The Hall–Kier alpha value is -1.55. The van der Waals surface area contributed by atoms with Crippen molar-refractivity contribution >= 4 is 92.0 Å². The van der Waals surface area contributed by atoms with Gasteiger partial charge in [-0.05, 0) is 81.1 Å². The molecule has 0 aliphatic heterocycles. The lowest BCUT2D eigenvalue weighted by molar-refractivity contribution is -0.142. The van der Waals surface area contributed by atoms with Gasteiger partial charge in [-0.25, -0.2) is 4.79 Å². The van der Waals surface area contributed by atoms with E-state index in [0.29, 0.717) is 29.2 Å². The number of benzene rings is 2. The van der Waals surface area contributed by atoms with E-state index in [1.807, 2.05) is 51.3 Å². The highest BCUT2D eigenvalue weighted by molar-refractivity contribution is 14.1. The summed E-state index contributed by atoms with van der Waals surface area (Å²) in [6, 6.07) is 10.2. The summed E-state index contributed by atoms with van der Waals surface area (Å²) in [7, 11) is 1.28. The molecule has 0 radical (unpaired) electrons. The van der Waals surface area contributed by atoms with Gasteiger partial charge in [0.2, 0.25) is 0 Å². The molecule has 0 aromatic heterocycles. The molecule has 0 spiro atoms. The topological polar surface area (TPSA) is 88.4 Å². The first-order valence-electron chi connectivity index (χ1n) is 7.82. The van der Waals surface area contributed by atoms with E-state index in [1.54, 1.807) is 30.3 Å². The number of halogens is 4. The molecule has 0 aliphatic rings. The molecule has 2 aromatic carbocycles. The zero-order chi connectivity index (χ0) is 21.6. The number of nitriles is 1. The number of methoxy groups -OCH3 is 1. The second kappa shape index (κ2) is 11.0. The molecule has 0 saturated heterocycles. The largest absolute Gasteiger partial charge is 0.480 e. The molecule has 0 atom stereocenters. The smallest absolute Gasteiger partial charge is 0.343 e. The Morgan fingerprint density at radius 3 is 2.48 bits per heavy atom. The molecule has 0 saturated carbocycles. The number of ether oxygens (including phenoxy) is 2. The van der Waals surface area contributed by atoms with Crippen molar-refractivity contribution in [2.75, 3.05) is 19.0 Å². The monoisotopic (exact) mass is 656 g/mol. The van der Waals surface area contributed by atoms with Gasteiger partial charge in [0, 0.05) is 0 Å². The van der Waals surface area contributed by atoms with E-state index >= 15 is 0 Å². The number of nitrogens with zero attached hydrogens (tertiary/aromatic N) is 1. The SMILES string of the molecule is COC(=O)COc1c(I)cc(/C=C(/C#N)C(=O)Nc2cccc(Cl)c2Cl)cc1I. The van der Waals surface area contributed by atoms with E-state index in [-0.39, 0.29) is 17.2 Å². The number of hydrogen-bond donors (Lipinski definition) is 1. The number of anilines is 1. The molecule has 2 aromatic rings. The zero-order valence-corrected chi connectivity index (χ0v) is 20.6. The van der Waals surface area contributed by atoms with Crippen LogP contribution >= 0.6 is 68.4 Å². The maximum Gasteiger partial charge on any atom is 0.343 e. The highest BCUT2D eigenvalue weighted by atomic mass is 127. The predicted molar refractivity (Wildman–Crippen MR) is 128 cm³/mol. The Morgan fingerprint density at radius 2 is 1.90 bits per heavy atom. The predicted octanol–water partition coefficient (Wildman–Crippen LogP) is 5.30. The number of rotatable bonds is 6. The molecule has 0 bridgehead atoms. The molecule has 1 amide bonds. The second-order valence-electron chi connectivity index (χ2n) is 5.40. The third-order valence-electron chi connectivity index (χ3n) is 3.46. The van der Waals surface area contributed by atoms with Crippen molar-refractivity contribution in [3.8, 4) is 11.8 Å². The quantitative estimate of drug-likeness (QED) is 0.197. The van der Waals surface area contributed by atoms with Crippen LogP contribution in [-0.4, -0.2) is 25.6 Å². The number of carbonyl (C=O) groups excluding carboxylic acids is 2. The maximum atomic E-state index is 12.5. The molecule has 1 N–H and O–H groups in total. The highest BCUT2D eigenvalue weighted by Gasteiger charge is 2.15. The summed E-state index contributed by atoms with van der Waals surface area (Å²) in [6.07, 6.45) is 1.45. The van der Waals surface area contributed by atoms with Gasteiger partial charge in [0.1, 0.15) is 17.4 Å². The van der Waals surface area contributed by atoms with Crippen LogP contribution in [0, 0.1) is 18.5 Å². The van der Waals surface area contributed by atoms with E-state index in [4.69, 9.17) is 27.9 Å². The highest BCUT2D eigenvalue weighted by Crippen LogP contribution is 2.31. The molecule has 0 unspecified atom stereocenters. The summed E-state index contributed by atoms with van der Waals surface area (Å²) in [5.41, 5.74) is 0.810. The van der Waals surface area contributed by atoms with Crippen LogP contribution in [0.5, 0.6) is 5.75 Å². The van der Waals surface area contributed by atoms with Crippen LogP contribution in [0.2, 0.25) is 10.0 Å². The Bertz CT molecular complexity index is 1010. The van der Waals surface area contributed by atoms with Crippen molar-refractivity contribution in [1.29, 1.82) is 5.26 Å². The molecule has 6 nitrogen and oxygen atoms in total. The molecular formula is C19H12Cl2I2N2O4. The van der Waals surface area contributed by atoms with Crippen molar-refractivity contribution in [1.82, 2.24) is 0 Å². The molecule has 10 heteroatoms. The van der Waals surface area contributed by atoms with Crippen molar-refractivity contribution in [3.63, 3.8) is 0 Å². The Balaban J connectivity index is 2.26. The van der Waals surface area contributed by atoms with E-state index in [1.165, 1.54) is 13.2 Å². The molecule has 0 heterocycles. The summed E-state index contributed by atoms with van der Waals surface area (Å²) < 4.78 is 11.4. The standard InChI is InChI=1S/C19H12Cl2I2N2O4/c1-28-16(26)9-29-18-13(22)6-10(7-14(18)23)5-11(8-24)19(27)25-15-4-2-3-12(20)17(15)21/h2-7H,9H2,1H3,(H,25,27)/b11-5-. The average Bonchev–Trinajstić information content (AvgIpc) is 2.68. The number of esters is 1. The minimum atomic E-state index is -0.618. The number of amides is 1. The van der Waals surface area contributed by atoms with Gasteiger partial charge in [-0.1, -0.05) is 29.3 Å². The lowest BCUT2D eigenvalue weighted by Crippen LogP contribution is -2.14. The molecule has 29 heavy (non-hydrogen) atoms. The number of hydrogen-bond acceptors (Lipinski definition) is 5. The van der Waals surface area contributed by atoms with Gasteiger partial charge in [-0.2, -0.15) is 5.26 Å². The Kier molecular flexibility index (Phi) is 9.01. The second-order valence-corrected chi connectivity index (χ2v) is 8.51. The zero-order valence-electron chi connectivity index (χ0n) is 14.8. The molecular weight excluding hydrogens is 645 g/mol. The van der Waals surface area contributed by atoms with Crippen LogP contribution < -0.4 is 10.1 Å². The third-order valence-corrected chi connectivity index (χ3v) is 5.88. The molecule has 0 aliphatic carbocycles. The summed E-state index contributed by atoms with van der Waals surface area (Å²) in [5.74, 6) is -0.598. The van der Waals surface area contributed by atoms with Gasteiger partial charge in [0.05, 0.1) is 30.0 Å². The summed E-state index contributed by atoms with van der Waals surface area (Å²) >= 11 is 16.1. The minimum absolute atomic E-state index is 0.115. The maximum absolute atomic E-state index is 12.5. The first-order valence-corrected chi connectivity index (χ1v) is 10.7. The van der Waals surface area contributed by atoms with Crippen LogP contribution in [-0.2, 0) is 14.3 Å². The lowest BCUT2D eigenvalue weighted by Gasteiger charge is -2.11. The fourth-order valence-corrected chi connectivity index (χ4v) is 4.57. The molecule has 0 fully saturated rings. The van der Waals surface area contributed by atoms with Gasteiger partial charge in [0.25, 0.3) is 5.91 Å². The van der Waals surface area contributed by atoms with Crippen molar-refractivity contribution in [2.45, 2.75) is 0 Å². The van der Waals surface area contributed by atoms with Crippen LogP contribution in [0.15, 0.2) is 35.9 Å². The Morgan fingerprint density at radius 1 is 1.24 bits per heavy atom. The third kappa shape index (κ3) is 6.47. The van der Waals surface area contributed by atoms with Gasteiger partial charge in [0.15, 0.2) is 6.61 Å². The summed E-state index contributed by atoms with van der Waals surface area (Å²) in [5, 5.41) is 12.5. The van der Waals surface area contributed by atoms with E-state index in [9.17, 15) is 14.9 Å². The fourth-order valence-electron chi connectivity index (χ4n) is 2.10. The average molecular weight is 657 g/mol. The summed E-state index contributed by atoms with van der Waals surface area (Å²) in [6.45, 7) is -0.218. The first kappa shape index (κ1) is 23.7. The van der Waals surface area contributed by atoms with Crippen LogP contribution in [0.1, 0.15) is 5.56 Å². The van der Waals surface area contributed by atoms with E-state index in [2.05, 4.69) is 10.1 Å². The Labute approximate surface area is 204 Å². The van der Waals surface area contributed by atoms with Crippen LogP contribution in [0.4, 0.5) is 5.69 Å². The lowest BCUT2D eigenvalue weighted by atomic mass is 10.1. The number of nitrogens with one attached hydrogen (secondary N) is 1. The van der Waals surface area contributed by atoms with Crippen molar-refractivity contribution < 1.29 is 19.1 Å². The van der Waals surface area contributed by atoms with Gasteiger partial charge in [-0.3, -0.25) is 4.79 Å². The van der Waals surface area contributed by atoms with E-state index in [0.717, 1.165) is 0 Å². The van der Waals surface area contributed by atoms with Gasteiger partial charge >= 0.3 is 5.97 Å². The van der Waals surface area contributed by atoms with E-state index < -0.39 is 11.9 Å². The normalized spacial score (nSPS) is 10.8. The fraction of sp³-hybridized carbons (Fsp3) is 0.105. The van der Waals surface area contributed by atoms with Crippen LogP contribution in [0.3, 0.4) is 0 Å². The first-order chi connectivity index (χ1) is 13.8. The molecule has 150 valence electrons. The van der Waals surface area contributed by atoms with Gasteiger partial charge < -0.3 is 14.8 Å². The number of carbonyl (C=O) groups is 2.